The van der Waals surface area contributed by atoms with E-state index in [0.29, 0.717) is 16.7 Å². The van der Waals surface area contributed by atoms with Gasteiger partial charge in [0.15, 0.2) is 5.78 Å². The zero-order valence-corrected chi connectivity index (χ0v) is 15.2. The van der Waals surface area contributed by atoms with Crippen molar-refractivity contribution in [3.8, 4) is 11.5 Å². The lowest BCUT2D eigenvalue weighted by Gasteiger charge is -2.14. The summed E-state index contributed by atoms with van der Waals surface area (Å²) in [6.45, 7) is 0. The Morgan fingerprint density at radius 3 is 2.04 bits per heavy atom. The average molecular weight is 372 g/mol. The second-order valence-corrected chi connectivity index (χ2v) is 6.93. The topological polar surface area (TPSA) is 56.0 Å². The van der Waals surface area contributed by atoms with Gasteiger partial charge in [-0.3, -0.25) is 4.79 Å². The van der Waals surface area contributed by atoms with Gasteiger partial charge in [-0.25, -0.2) is 0 Å². The zero-order chi connectivity index (χ0) is 18.5. The molecule has 132 valence electrons. The number of hydrogen-bond donors (Lipinski definition) is 0. The Balaban J connectivity index is 1.64. The number of carbonyl (C=O) groups is 1. The maximum absolute atomic E-state index is 13.1. The second kappa shape index (κ2) is 8.01. The minimum Gasteiger partial charge on any atom is -0.411 e. The quantitative estimate of drug-likeness (QED) is 0.333. The fraction of sp³-hybridized carbons (Fsp3) is 0.0455. The van der Waals surface area contributed by atoms with Gasteiger partial charge >= 0.3 is 0 Å². The minimum absolute atomic E-state index is 0.00580. The second-order valence-electron chi connectivity index (χ2n) is 5.88. The Bertz CT molecular complexity index is 1020. The van der Waals surface area contributed by atoms with Crippen LogP contribution in [0.25, 0.3) is 11.5 Å². The van der Waals surface area contributed by atoms with Crippen LogP contribution in [-0.2, 0) is 0 Å². The first kappa shape index (κ1) is 17.2. The van der Waals surface area contributed by atoms with Crippen LogP contribution in [0, 0.1) is 0 Å². The third kappa shape index (κ3) is 3.99. The van der Waals surface area contributed by atoms with Gasteiger partial charge in [-0.15, -0.1) is 10.2 Å². The van der Waals surface area contributed by atoms with Crippen LogP contribution in [0.1, 0.15) is 21.2 Å². The molecule has 0 saturated carbocycles. The number of Topliss-reactive ketones (excluding diaryl/α,β-unsaturated/α-hetero) is 1. The summed E-state index contributed by atoms with van der Waals surface area (Å²) >= 11 is 1.27. The first-order valence-corrected chi connectivity index (χ1v) is 9.39. The molecular weight excluding hydrogens is 356 g/mol. The van der Waals surface area contributed by atoms with E-state index in [1.807, 2.05) is 91.0 Å². The molecule has 5 heteroatoms. The molecule has 0 N–H and O–H groups in total. The van der Waals surface area contributed by atoms with Crippen molar-refractivity contribution in [2.75, 3.05) is 0 Å². The van der Waals surface area contributed by atoms with Crippen molar-refractivity contribution < 1.29 is 9.21 Å². The fourth-order valence-electron chi connectivity index (χ4n) is 2.71. The molecule has 0 spiro atoms. The van der Waals surface area contributed by atoms with Crippen LogP contribution in [-0.4, -0.2) is 16.0 Å². The van der Waals surface area contributed by atoms with E-state index in [1.165, 1.54) is 11.8 Å². The van der Waals surface area contributed by atoms with Crippen molar-refractivity contribution in [1.29, 1.82) is 0 Å². The molecule has 1 aromatic heterocycles. The highest BCUT2D eigenvalue weighted by Gasteiger charge is 2.26. The highest BCUT2D eigenvalue weighted by Crippen LogP contribution is 2.38. The van der Waals surface area contributed by atoms with Gasteiger partial charge in [0.1, 0.15) is 5.25 Å². The van der Waals surface area contributed by atoms with E-state index >= 15 is 0 Å². The summed E-state index contributed by atoms with van der Waals surface area (Å²) < 4.78 is 5.80. The number of benzene rings is 3. The molecular formula is C22H16N2O2S. The lowest BCUT2D eigenvalue weighted by Crippen LogP contribution is -2.10. The van der Waals surface area contributed by atoms with Crippen LogP contribution in [0.15, 0.2) is 101 Å². The van der Waals surface area contributed by atoms with E-state index in [2.05, 4.69) is 10.2 Å². The Hall–Kier alpha value is -3.18. The molecule has 4 nitrogen and oxygen atoms in total. The molecule has 3 aromatic carbocycles. The normalized spacial score (nSPS) is 11.9. The molecule has 27 heavy (non-hydrogen) atoms. The van der Waals surface area contributed by atoms with Gasteiger partial charge in [-0.1, -0.05) is 78.9 Å². The predicted octanol–water partition coefficient (Wildman–Crippen LogP) is 5.45. The first-order valence-electron chi connectivity index (χ1n) is 8.51. The Morgan fingerprint density at radius 1 is 0.778 bits per heavy atom. The maximum atomic E-state index is 13.1. The van der Waals surface area contributed by atoms with Gasteiger partial charge in [0.2, 0.25) is 5.89 Å². The number of ketones is 1. The average Bonchev–Trinajstić information content (AvgIpc) is 3.22. The van der Waals surface area contributed by atoms with Gasteiger partial charge in [-0.2, -0.15) is 0 Å². The molecule has 0 amide bonds. The predicted molar refractivity (Wildman–Crippen MR) is 106 cm³/mol. The van der Waals surface area contributed by atoms with Gasteiger partial charge in [0, 0.05) is 11.1 Å². The molecule has 1 atom stereocenters. The lowest BCUT2D eigenvalue weighted by atomic mass is 10.0. The monoisotopic (exact) mass is 372 g/mol. The Labute approximate surface area is 161 Å². The van der Waals surface area contributed by atoms with Crippen molar-refractivity contribution >= 4 is 17.5 Å². The highest BCUT2D eigenvalue weighted by atomic mass is 32.2. The fourth-order valence-corrected chi connectivity index (χ4v) is 3.66. The Morgan fingerprint density at radius 2 is 1.37 bits per heavy atom. The number of thioether (sulfide) groups is 1. The first-order chi connectivity index (χ1) is 13.3. The van der Waals surface area contributed by atoms with E-state index in [9.17, 15) is 4.79 Å². The number of aromatic nitrogens is 2. The number of hydrogen-bond acceptors (Lipinski definition) is 5. The van der Waals surface area contributed by atoms with Crippen LogP contribution >= 0.6 is 11.8 Å². The van der Waals surface area contributed by atoms with Gasteiger partial charge in [0.05, 0.1) is 0 Å². The van der Waals surface area contributed by atoms with E-state index in [1.54, 1.807) is 0 Å². The molecule has 4 aromatic rings. The summed E-state index contributed by atoms with van der Waals surface area (Å²) in [5.74, 6) is 0.448. The largest absolute Gasteiger partial charge is 0.411 e. The molecule has 0 bridgehead atoms. The van der Waals surface area contributed by atoms with Crippen molar-refractivity contribution in [1.82, 2.24) is 10.2 Å². The summed E-state index contributed by atoms with van der Waals surface area (Å²) in [5, 5.41) is 8.15. The molecule has 0 saturated heterocycles. The summed E-state index contributed by atoms with van der Waals surface area (Å²) in [6, 6.07) is 28.5. The summed E-state index contributed by atoms with van der Waals surface area (Å²) in [6.07, 6.45) is 0. The molecule has 4 rings (SSSR count). The van der Waals surface area contributed by atoms with Crippen LogP contribution in [0.2, 0.25) is 0 Å². The SMILES string of the molecule is O=C(c1ccccc1)[C@H](Sc1nnc(-c2ccccc2)o1)c1ccccc1. The van der Waals surface area contributed by atoms with E-state index in [-0.39, 0.29) is 5.78 Å². The van der Waals surface area contributed by atoms with Crippen molar-refractivity contribution in [3.05, 3.63) is 102 Å². The van der Waals surface area contributed by atoms with E-state index in [4.69, 9.17) is 4.42 Å². The molecule has 0 unspecified atom stereocenters. The minimum atomic E-state index is -0.460. The number of rotatable bonds is 6. The number of nitrogens with zero attached hydrogens (tertiary/aromatic N) is 2. The molecule has 0 aliphatic rings. The van der Waals surface area contributed by atoms with Crippen LogP contribution < -0.4 is 0 Å². The third-order valence-corrected chi connectivity index (χ3v) is 5.13. The van der Waals surface area contributed by atoms with Crippen LogP contribution in [0.4, 0.5) is 0 Å². The van der Waals surface area contributed by atoms with E-state index < -0.39 is 5.25 Å². The third-order valence-electron chi connectivity index (χ3n) is 4.04. The maximum Gasteiger partial charge on any atom is 0.277 e. The molecule has 0 aliphatic heterocycles. The summed E-state index contributed by atoms with van der Waals surface area (Å²) in [7, 11) is 0. The van der Waals surface area contributed by atoms with Gasteiger partial charge in [-0.05, 0) is 29.5 Å². The highest BCUT2D eigenvalue weighted by molar-refractivity contribution is 8.00. The molecule has 0 aliphatic carbocycles. The number of carbonyl (C=O) groups excluding carboxylic acids is 1. The smallest absolute Gasteiger partial charge is 0.277 e. The van der Waals surface area contributed by atoms with E-state index in [0.717, 1.165) is 11.1 Å². The van der Waals surface area contributed by atoms with Crippen LogP contribution in [0.3, 0.4) is 0 Å². The summed E-state index contributed by atoms with van der Waals surface area (Å²) in [5.41, 5.74) is 2.40. The van der Waals surface area contributed by atoms with Crippen molar-refractivity contribution in [3.63, 3.8) is 0 Å². The molecule has 1 heterocycles. The van der Waals surface area contributed by atoms with Crippen molar-refractivity contribution in [2.45, 2.75) is 10.5 Å². The van der Waals surface area contributed by atoms with Crippen molar-refractivity contribution in [2.24, 2.45) is 0 Å². The van der Waals surface area contributed by atoms with Crippen LogP contribution in [0.5, 0.6) is 0 Å². The standard InChI is InChI=1S/C22H16N2O2S/c25-19(16-10-4-1-5-11-16)20(17-12-6-2-7-13-17)27-22-24-23-21(26-22)18-14-8-3-9-15-18/h1-15,20H/t20-/m1/s1. The van der Waals surface area contributed by atoms with Gasteiger partial charge < -0.3 is 4.42 Å². The Kier molecular flexibility index (Phi) is 5.12. The molecule has 0 fully saturated rings. The van der Waals surface area contributed by atoms with Gasteiger partial charge in [0.25, 0.3) is 5.22 Å². The lowest BCUT2D eigenvalue weighted by molar-refractivity contribution is 0.0989. The molecule has 0 radical (unpaired) electrons. The zero-order valence-electron chi connectivity index (χ0n) is 14.4. The summed E-state index contributed by atoms with van der Waals surface area (Å²) in [4.78, 5) is 13.1.